The molecule has 2 fully saturated rings. The lowest BCUT2D eigenvalue weighted by molar-refractivity contribution is 0.102. The molecule has 35 heavy (non-hydrogen) atoms. The van der Waals surface area contributed by atoms with Gasteiger partial charge >= 0.3 is 0 Å². The van der Waals surface area contributed by atoms with Gasteiger partial charge in [0.1, 0.15) is 0 Å². The van der Waals surface area contributed by atoms with Crippen molar-refractivity contribution in [1.82, 2.24) is 30.0 Å². The summed E-state index contributed by atoms with van der Waals surface area (Å²) in [6.45, 7) is 6.35. The van der Waals surface area contributed by atoms with E-state index in [1.54, 1.807) is 6.20 Å². The molecule has 0 unspecified atom stereocenters. The summed E-state index contributed by atoms with van der Waals surface area (Å²) in [5.41, 5.74) is 6.12. The Morgan fingerprint density at radius 1 is 0.886 bits per heavy atom. The Bertz CT molecular complexity index is 1340. The summed E-state index contributed by atoms with van der Waals surface area (Å²) in [4.78, 5) is 26.9. The fraction of sp³-hybridized carbons (Fsp3) is 0.333. The highest BCUT2D eigenvalue weighted by molar-refractivity contribution is 6.11. The van der Waals surface area contributed by atoms with Crippen LogP contribution in [0.4, 0.5) is 5.69 Å². The standard InChI is InChI=1S/C27H29N7O/c35-27(30-22-5-6-23(29-16-22)18-34-8-1-2-9-34)26-24-13-20(4-7-25(24)31-32-26)21-12-19(14-28-15-21)17-33-10-3-11-33/h4-7,12-16H,1-3,8-11,17-18H2,(H,30,35)(H,31,32). The molecule has 0 aliphatic carbocycles. The van der Waals surface area contributed by atoms with Crippen LogP contribution in [0.3, 0.4) is 0 Å². The van der Waals surface area contributed by atoms with Gasteiger partial charge in [-0.3, -0.25) is 29.7 Å². The Kier molecular flexibility index (Phi) is 5.98. The van der Waals surface area contributed by atoms with Crippen molar-refractivity contribution >= 4 is 22.5 Å². The highest BCUT2D eigenvalue weighted by atomic mass is 16.1. The first-order chi connectivity index (χ1) is 17.2. The van der Waals surface area contributed by atoms with Crippen molar-refractivity contribution in [2.45, 2.75) is 32.4 Å². The Hall–Kier alpha value is -3.62. The number of H-pyrrole nitrogens is 1. The van der Waals surface area contributed by atoms with Gasteiger partial charge in [0.05, 0.1) is 23.1 Å². The molecular formula is C27H29N7O. The predicted octanol–water partition coefficient (Wildman–Crippen LogP) is 4.07. The van der Waals surface area contributed by atoms with Crippen LogP contribution in [0.1, 0.15) is 41.0 Å². The molecule has 3 aromatic heterocycles. The van der Waals surface area contributed by atoms with Crippen LogP contribution in [0.25, 0.3) is 22.0 Å². The number of fused-ring (bicyclic) bond motifs is 1. The minimum atomic E-state index is -0.257. The van der Waals surface area contributed by atoms with Crippen molar-refractivity contribution < 1.29 is 4.79 Å². The maximum Gasteiger partial charge on any atom is 0.276 e. The minimum absolute atomic E-state index is 0.257. The molecule has 1 amide bonds. The van der Waals surface area contributed by atoms with Crippen LogP contribution in [0.2, 0.25) is 0 Å². The molecule has 0 radical (unpaired) electrons. The molecule has 2 aliphatic heterocycles. The number of rotatable bonds is 7. The molecule has 6 rings (SSSR count). The zero-order chi connectivity index (χ0) is 23.6. The number of aromatic amines is 1. The van der Waals surface area contributed by atoms with Crippen LogP contribution >= 0.6 is 0 Å². The topological polar surface area (TPSA) is 90.0 Å². The summed E-state index contributed by atoms with van der Waals surface area (Å²) in [5, 5.41) is 11.0. The Morgan fingerprint density at radius 3 is 2.49 bits per heavy atom. The zero-order valence-corrected chi connectivity index (χ0v) is 19.7. The van der Waals surface area contributed by atoms with Crippen molar-refractivity contribution in [1.29, 1.82) is 0 Å². The number of pyridine rings is 2. The quantitative estimate of drug-likeness (QED) is 0.426. The van der Waals surface area contributed by atoms with Crippen LogP contribution < -0.4 is 5.32 Å². The number of likely N-dealkylation sites (tertiary alicyclic amines) is 2. The fourth-order valence-corrected chi connectivity index (χ4v) is 4.85. The van der Waals surface area contributed by atoms with Crippen LogP contribution in [-0.2, 0) is 13.1 Å². The van der Waals surface area contributed by atoms with E-state index < -0.39 is 0 Å². The average molecular weight is 468 g/mol. The number of nitrogens with one attached hydrogen (secondary N) is 2. The molecule has 2 N–H and O–H groups in total. The molecule has 8 nitrogen and oxygen atoms in total. The largest absolute Gasteiger partial charge is 0.319 e. The molecule has 4 aromatic rings. The maximum atomic E-state index is 13.1. The lowest BCUT2D eigenvalue weighted by Crippen LogP contribution is -2.36. The number of carbonyl (C=O) groups is 1. The summed E-state index contributed by atoms with van der Waals surface area (Å²) < 4.78 is 0. The van der Waals surface area contributed by atoms with Crippen LogP contribution in [0.5, 0.6) is 0 Å². The van der Waals surface area contributed by atoms with Gasteiger partial charge in [0.25, 0.3) is 5.91 Å². The van der Waals surface area contributed by atoms with Gasteiger partial charge in [-0.2, -0.15) is 5.10 Å². The van der Waals surface area contributed by atoms with E-state index in [1.807, 2.05) is 42.7 Å². The van der Waals surface area contributed by atoms with Crippen LogP contribution in [-0.4, -0.2) is 62.1 Å². The van der Waals surface area contributed by atoms with E-state index in [1.165, 1.54) is 24.8 Å². The lowest BCUT2D eigenvalue weighted by Gasteiger charge is -2.30. The highest BCUT2D eigenvalue weighted by Crippen LogP contribution is 2.27. The first-order valence-corrected chi connectivity index (χ1v) is 12.3. The van der Waals surface area contributed by atoms with Crippen LogP contribution in [0.15, 0.2) is 55.0 Å². The number of aromatic nitrogens is 4. The Balaban J connectivity index is 1.19. The fourth-order valence-electron chi connectivity index (χ4n) is 4.85. The molecule has 0 spiro atoms. The summed E-state index contributed by atoms with van der Waals surface area (Å²) in [6.07, 6.45) is 9.31. The second kappa shape index (κ2) is 9.56. The molecular weight excluding hydrogens is 438 g/mol. The average Bonchev–Trinajstić information content (AvgIpc) is 3.52. The number of hydrogen-bond donors (Lipinski definition) is 2. The van der Waals surface area contributed by atoms with Gasteiger partial charge in [-0.05, 0) is 86.9 Å². The SMILES string of the molecule is O=C(Nc1ccc(CN2CCCC2)nc1)c1n[nH]c2ccc(-c3cncc(CN4CCC4)c3)cc12. The number of nitrogens with zero attached hydrogens (tertiary/aromatic N) is 5. The van der Waals surface area contributed by atoms with Crippen molar-refractivity contribution in [2.75, 3.05) is 31.5 Å². The predicted molar refractivity (Wildman–Crippen MR) is 136 cm³/mol. The number of amides is 1. The summed E-state index contributed by atoms with van der Waals surface area (Å²) >= 11 is 0. The van der Waals surface area contributed by atoms with E-state index in [9.17, 15) is 4.79 Å². The second-order valence-corrected chi connectivity index (χ2v) is 9.52. The molecule has 5 heterocycles. The van der Waals surface area contributed by atoms with Gasteiger partial charge in [0.15, 0.2) is 5.69 Å². The van der Waals surface area contributed by atoms with E-state index in [0.29, 0.717) is 11.4 Å². The molecule has 2 aliphatic rings. The van der Waals surface area contributed by atoms with Gasteiger partial charge in [0.2, 0.25) is 0 Å². The molecule has 178 valence electrons. The maximum absolute atomic E-state index is 13.1. The number of carbonyl (C=O) groups excluding carboxylic acids is 1. The monoisotopic (exact) mass is 467 g/mol. The first-order valence-electron chi connectivity index (χ1n) is 12.3. The smallest absolute Gasteiger partial charge is 0.276 e. The minimum Gasteiger partial charge on any atom is -0.319 e. The molecule has 1 aromatic carbocycles. The van der Waals surface area contributed by atoms with Gasteiger partial charge in [-0.15, -0.1) is 0 Å². The third kappa shape index (κ3) is 4.80. The van der Waals surface area contributed by atoms with Crippen molar-refractivity contribution in [3.63, 3.8) is 0 Å². The number of benzene rings is 1. The molecule has 0 bridgehead atoms. The second-order valence-electron chi connectivity index (χ2n) is 9.52. The number of hydrogen-bond acceptors (Lipinski definition) is 6. The summed E-state index contributed by atoms with van der Waals surface area (Å²) in [7, 11) is 0. The van der Waals surface area contributed by atoms with Gasteiger partial charge in [-0.25, -0.2) is 0 Å². The van der Waals surface area contributed by atoms with E-state index in [0.717, 1.165) is 67.0 Å². The van der Waals surface area contributed by atoms with E-state index in [2.05, 4.69) is 41.3 Å². The Labute approximate surface area is 204 Å². The third-order valence-corrected chi connectivity index (χ3v) is 6.93. The van der Waals surface area contributed by atoms with Gasteiger partial charge < -0.3 is 5.32 Å². The first kappa shape index (κ1) is 21.9. The van der Waals surface area contributed by atoms with E-state index in [-0.39, 0.29) is 5.91 Å². The van der Waals surface area contributed by atoms with Gasteiger partial charge in [0, 0.05) is 36.4 Å². The van der Waals surface area contributed by atoms with E-state index >= 15 is 0 Å². The highest BCUT2D eigenvalue weighted by Gasteiger charge is 2.17. The van der Waals surface area contributed by atoms with Crippen molar-refractivity contribution in [3.05, 3.63) is 71.9 Å². The number of anilines is 1. The van der Waals surface area contributed by atoms with E-state index in [4.69, 9.17) is 0 Å². The summed E-state index contributed by atoms with van der Waals surface area (Å²) in [6, 6.07) is 12.1. The van der Waals surface area contributed by atoms with Crippen molar-refractivity contribution in [3.8, 4) is 11.1 Å². The van der Waals surface area contributed by atoms with Crippen molar-refractivity contribution in [2.24, 2.45) is 0 Å². The summed E-state index contributed by atoms with van der Waals surface area (Å²) in [5.74, 6) is -0.257. The molecule has 0 saturated carbocycles. The van der Waals surface area contributed by atoms with Crippen LogP contribution in [0, 0.1) is 0 Å². The van der Waals surface area contributed by atoms with Gasteiger partial charge in [-0.1, -0.05) is 6.07 Å². The third-order valence-electron chi connectivity index (χ3n) is 6.93. The molecule has 2 saturated heterocycles. The lowest BCUT2D eigenvalue weighted by atomic mass is 10.0. The normalized spacial score (nSPS) is 16.5. The zero-order valence-electron chi connectivity index (χ0n) is 19.7. The Morgan fingerprint density at radius 2 is 1.71 bits per heavy atom. The molecule has 8 heteroatoms. The molecule has 0 atom stereocenters.